The first kappa shape index (κ1) is 24.4. The molecule has 35 heavy (non-hydrogen) atoms. The Hall–Kier alpha value is -3.69. The number of carbonyl (C=O) groups excluding carboxylic acids is 1. The fourth-order valence-electron chi connectivity index (χ4n) is 4.35. The number of hydrogen-bond donors (Lipinski definition) is 0. The number of carboxylic acids is 1. The molecule has 0 spiro atoms. The largest absolute Gasteiger partial charge is 0.542 e. The minimum atomic E-state index is -5.19. The van der Waals surface area contributed by atoms with E-state index in [1.807, 2.05) is 0 Å². The SMILES string of the molecule is C(=C1/C[P+](c2ccccc2)(c2ccccc2)c2ccccc21)/c1ccccc1.O=C([O-])C(F)(F)F. The van der Waals surface area contributed by atoms with Crippen molar-refractivity contribution >= 4 is 40.8 Å². The second-order valence-electron chi connectivity index (χ2n) is 8.02. The fourth-order valence-corrected chi connectivity index (χ4v) is 8.85. The number of benzene rings is 4. The van der Waals surface area contributed by atoms with Crippen LogP contribution in [0.1, 0.15) is 11.1 Å². The number of halogens is 3. The van der Waals surface area contributed by atoms with Gasteiger partial charge in [-0.1, -0.05) is 84.9 Å². The number of allylic oxidation sites excluding steroid dienone is 1. The van der Waals surface area contributed by atoms with Crippen molar-refractivity contribution in [3.63, 3.8) is 0 Å². The summed E-state index contributed by atoms with van der Waals surface area (Å²) in [5, 5.41) is 13.2. The molecule has 4 aromatic rings. The van der Waals surface area contributed by atoms with Gasteiger partial charge in [-0.3, -0.25) is 0 Å². The Morgan fingerprint density at radius 1 is 0.714 bits per heavy atom. The van der Waals surface area contributed by atoms with Gasteiger partial charge in [-0.15, -0.1) is 0 Å². The van der Waals surface area contributed by atoms with Gasteiger partial charge in [-0.05, 0) is 42.0 Å². The zero-order chi connectivity index (χ0) is 24.9. The molecule has 0 N–H and O–H groups in total. The molecule has 0 radical (unpaired) electrons. The van der Waals surface area contributed by atoms with E-state index in [0.29, 0.717) is 0 Å². The molecule has 4 aromatic carbocycles. The van der Waals surface area contributed by atoms with Crippen molar-refractivity contribution in [1.29, 1.82) is 0 Å². The van der Waals surface area contributed by atoms with E-state index < -0.39 is 19.4 Å². The molecule has 1 heterocycles. The van der Waals surface area contributed by atoms with Gasteiger partial charge in [-0.25, -0.2) is 0 Å². The highest BCUT2D eigenvalue weighted by molar-refractivity contribution is 7.96. The average Bonchev–Trinajstić information content (AvgIpc) is 3.21. The standard InChI is InChI=1S/C27H22P.C2HF3O2/c1-4-12-22(13-5-1)20-23-21-28(24-14-6-2-7-15-24,25-16-8-3-9-17-25)27-19-11-10-18-26(23)27;3-2(4,5)1(6)7/h1-20H,21H2;(H,6,7)/q+1;/p-1/b23-20+;. The van der Waals surface area contributed by atoms with Gasteiger partial charge in [0.1, 0.15) is 29.1 Å². The van der Waals surface area contributed by atoms with Crippen molar-refractivity contribution in [2.75, 3.05) is 6.16 Å². The van der Waals surface area contributed by atoms with Gasteiger partial charge in [0.2, 0.25) is 0 Å². The predicted molar refractivity (Wildman–Crippen MR) is 135 cm³/mol. The summed E-state index contributed by atoms with van der Waals surface area (Å²) >= 11 is 0. The molecule has 0 amide bonds. The van der Waals surface area contributed by atoms with Gasteiger partial charge in [0, 0.05) is 11.1 Å². The number of alkyl halides is 3. The van der Waals surface area contributed by atoms with E-state index in [9.17, 15) is 13.2 Å². The molecule has 0 fully saturated rings. The van der Waals surface area contributed by atoms with Crippen LogP contribution in [0.5, 0.6) is 0 Å². The lowest BCUT2D eigenvalue weighted by Crippen LogP contribution is -2.37. The van der Waals surface area contributed by atoms with Crippen molar-refractivity contribution < 1.29 is 23.1 Å². The Labute approximate surface area is 202 Å². The highest BCUT2D eigenvalue weighted by atomic mass is 31.2. The van der Waals surface area contributed by atoms with Crippen LogP contribution in [0.3, 0.4) is 0 Å². The van der Waals surface area contributed by atoms with Gasteiger partial charge in [-0.2, -0.15) is 13.2 Å². The molecule has 0 saturated heterocycles. The zero-order valence-electron chi connectivity index (χ0n) is 18.7. The molecular weight excluding hydrogens is 468 g/mol. The molecule has 1 aliphatic heterocycles. The van der Waals surface area contributed by atoms with E-state index in [1.54, 1.807) is 0 Å². The van der Waals surface area contributed by atoms with Crippen molar-refractivity contribution in [2.45, 2.75) is 6.18 Å². The second-order valence-corrected chi connectivity index (χ2v) is 11.5. The molecule has 1 aliphatic rings. The van der Waals surface area contributed by atoms with E-state index in [4.69, 9.17) is 9.90 Å². The molecule has 0 bridgehead atoms. The van der Waals surface area contributed by atoms with Gasteiger partial charge >= 0.3 is 6.18 Å². The lowest BCUT2D eigenvalue weighted by atomic mass is 10.0. The third-order valence-electron chi connectivity index (χ3n) is 5.83. The monoisotopic (exact) mass is 490 g/mol. The topological polar surface area (TPSA) is 40.1 Å². The summed E-state index contributed by atoms with van der Waals surface area (Å²) in [7, 11) is -1.70. The number of fused-ring (bicyclic) bond motifs is 1. The lowest BCUT2D eigenvalue weighted by Gasteiger charge is -2.23. The Morgan fingerprint density at radius 2 is 1.14 bits per heavy atom. The third kappa shape index (κ3) is 5.21. The quantitative estimate of drug-likeness (QED) is 0.386. The van der Waals surface area contributed by atoms with Crippen molar-refractivity contribution in [3.05, 3.63) is 126 Å². The van der Waals surface area contributed by atoms with Gasteiger partial charge in [0.25, 0.3) is 0 Å². The predicted octanol–water partition coefficient (Wildman–Crippen LogP) is 4.83. The van der Waals surface area contributed by atoms with Crippen LogP contribution in [-0.4, -0.2) is 18.3 Å². The Kier molecular flexibility index (Phi) is 7.18. The van der Waals surface area contributed by atoms with Gasteiger partial charge < -0.3 is 9.90 Å². The van der Waals surface area contributed by atoms with Crippen LogP contribution in [0.2, 0.25) is 0 Å². The third-order valence-corrected chi connectivity index (χ3v) is 10.2. The molecule has 0 atom stereocenters. The van der Waals surface area contributed by atoms with Crippen LogP contribution in [0.4, 0.5) is 13.2 Å². The first-order valence-electron chi connectivity index (χ1n) is 11.0. The number of carboxylic acid groups (broad SMARTS) is 1. The summed E-state index contributed by atoms with van der Waals surface area (Å²) < 4.78 is 31.5. The Balaban J connectivity index is 0.000000364. The van der Waals surface area contributed by atoms with Crippen LogP contribution in [-0.2, 0) is 4.79 Å². The minimum Gasteiger partial charge on any atom is -0.542 e. The Morgan fingerprint density at radius 3 is 1.63 bits per heavy atom. The highest BCUT2D eigenvalue weighted by Gasteiger charge is 2.52. The van der Waals surface area contributed by atoms with E-state index >= 15 is 0 Å². The first-order chi connectivity index (χ1) is 16.8. The van der Waals surface area contributed by atoms with Crippen LogP contribution in [0.15, 0.2) is 115 Å². The van der Waals surface area contributed by atoms with E-state index in [1.165, 1.54) is 32.6 Å². The van der Waals surface area contributed by atoms with Gasteiger partial charge in [0.15, 0.2) is 0 Å². The van der Waals surface area contributed by atoms with E-state index in [2.05, 4.69) is 121 Å². The lowest BCUT2D eigenvalue weighted by molar-refractivity contribution is -0.344. The normalized spacial score (nSPS) is 15.1. The molecule has 0 aromatic heterocycles. The van der Waals surface area contributed by atoms with Gasteiger partial charge in [0.05, 0.1) is 6.16 Å². The molecule has 0 saturated carbocycles. The molecule has 6 heteroatoms. The molecule has 5 rings (SSSR count). The summed E-state index contributed by atoms with van der Waals surface area (Å²) in [4.78, 5) is 8.78. The van der Waals surface area contributed by atoms with Crippen LogP contribution < -0.4 is 21.0 Å². The summed E-state index contributed by atoms with van der Waals surface area (Å²) in [5.41, 5.74) is 4.13. The molecular formula is C29H22F3O2P. The highest BCUT2D eigenvalue weighted by Crippen LogP contribution is 2.62. The second kappa shape index (κ2) is 10.3. The van der Waals surface area contributed by atoms with Crippen molar-refractivity contribution in [2.24, 2.45) is 0 Å². The maximum absolute atomic E-state index is 10.5. The first-order valence-corrected chi connectivity index (χ1v) is 12.9. The average molecular weight is 490 g/mol. The summed E-state index contributed by atoms with van der Waals surface area (Å²) in [6.07, 6.45) is -1.73. The van der Waals surface area contributed by atoms with Crippen molar-refractivity contribution in [1.82, 2.24) is 0 Å². The van der Waals surface area contributed by atoms with E-state index in [-0.39, 0.29) is 0 Å². The number of rotatable bonds is 3. The molecule has 2 nitrogen and oxygen atoms in total. The molecule has 176 valence electrons. The number of hydrogen-bond acceptors (Lipinski definition) is 2. The maximum Gasteiger partial charge on any atom is 0.430 e. The maximum atomic E-state index is 10.5. The molecule has 0 aliphatic carbocycles. The Bertz CT molecular complexity index is 1280. The van der Waals surface area contributed by atoms with Crippen LogP contribution in [0, 0.1) is 0 Å². The van der Waals surface area contributed by atoms with E-state index in [0.717, 1.165) is 6.16 Å². The number of carbonyl (C=O) groups is 1. The number of aliphatic carboxylic acids is 1. The minimum absolute atomic E-state index is 1.08. The summed E-state index contributed by atoms with van der Waals surface area (Å²) in [6, 6.07) is 42.0. The summed E-state index contributed by atoms with van der Waals surface area (Å²) in [6.45, 7) is 0. The fraction of sp³-hybridized carbons (Fsp3) is 0.0690. The molecule has 0 unspecified atom stereocenters. The zero-order valence-corrected chi connectivity index (χ0v) is 19.5. The van der Waals surface area contributed by atoms with Crippen LogP contribution in [0.25, 0.3) is 11.6 Å². The van der Waals surface area contributed by atoms with Crippen LogP contribution >= 0.6 is 7.26 Å². The summed E-state index contributed by atoms with van der Waals surface area (Å²) in [5.74, 6) is -3.01. The van der Waals surface area contributed by atoms with Crippen molar-refractivity contribution in [3.8, 4) is 0 Å². The smallest absolute Gasteiger partial charge is 0.430 e.